The molecule has 2 amide bonds. The first kappa shape index (κ1) is 20.9. The number of hydrogen-bond donors (Lipinski definition) is 1. The van der Waals surface area contributed by atoms with E-state index in [0.717, 1.165) is 30.0 Å². The number of amides is 2. The van der Waals surface area contributed by atoms with Gasteiger partial charge in [0.2, 0.25) is 11.8 Å². The highest BCUT2D eigenvalue weighted by Crippen LogP contribution is 2.25. The predicted molar refractivity (Wildman–Crippen MR) is 120 cm³/mol. The molecule has 154 valence electrons. The van der Waals surface area contributed by atoms with Crippen molar-refractivity contribution in [2.24, 2.45) is 0 Å². The second-order valence-electron chi connectivity index (χ2n) is 7.96. The van der Waals surface area contributed by atoms with Crippen molar-refractivity contribution in [1.82, 2.24) is 0 Å². The molecule has 2 aromatic rings. The van der Waals surface area contributed by atoms with Crippen LogP contribution in [0.3, 0.4) is 0 Å². The summed E-state index contributed by atoms with van der Waals surface area (Å²) in [4.78, 5) is 28.8. The average molecular weight is 394 g/mol. The van der Waals surface area contributed by atoms with Gasteiger partial charge in [-0.2, -0.15) is 0 Å². The van der Waals surface area contributed by atoms with Crippen LogP contribution in [-0.2, 0) is 9.59 Å². The molecule has 1 heterocycles. The number of nitrogens with zero attached hydrogens (tertiary/aromatic N) is 2. The fourth-order valence-corrected chi connectivity index (χ4v) is 3.83. The molecule has 29 heavy (non-hydrogen) atoms. The van der Waals surface area contributed by atoms with E-state index in [1.54, 1.807) is 0 Å². The van der Waals surface area contributed by atoms with E-state index < -0.39 is 0 Å². The van der Waals surface area contributed by atoms with E-state index in [2.05, 4.69) is 24.1 Å². The van der Waals surface area contributed by atoms with Crippen LogP contribution in [0.2, 0.25) is 0 Å². The fraction of sp³-hybridized carbons (Fsp3) is 0.417. The van der Waals surface area contributed by atoms with Crippen LogP contribution in [0.1, 0.15) is 51.5 Å². The summed E-state index contributed by atoms with van der Waals surface area (Å²) in [6, 6.07) is 15.7. The van der Waals surface area contributed by atoms with Gasteiger partial charge < -0.3 is 15.1 Å². The summed E-state index contributed by atoms with van der Waals surface area (Å²) in [6.45, 7) is 7.83. The zero-order valence-corrected chi connectivity index (χ0v) is 17.6. The maximum absolute atomic E-state index is 12.7. The number of piperidine rings is 1. The van der Waals surface area contributed by atoms with Gasteiger partial charge in [0.05, 0.1) is 0 Å². The molecular weight excluding hydrogens is 362 g/mol. The van der Waals surface area contributed by atoms with E-state index in [4.69, 9.17) is 0 Å². The van der Waals surface area contributed by atoms with Crippen molar-refractivity contribution >= 4 is 28.9 Å². The molecule has 0 atom stereocenters. The van der Waals surface area contributed by atoms with Crippen LogP contribution in [0.25, 0.3) is 0 Å². The highest BCUT2D eigenvalue weighted by Gasteiger charge is 2.18. The van der Waals surface area contributed by atoms with Gasteiger partial charge in [0.1, 0.15) is 6.54 Å². The van der Waals surface area contributed by atoms with E-state index in [-0.39, 0.29) is 18.4 Å². The smallest absolute Gasteiger partial charge is 0.244 e. The number of para-hydroxylation sites is 1. The molecule has 1 aliphatic rings. The highest BCUT2D eigenvalue weighted by molar-refractivity contribution is 6.02. The maximum atomic E-state index is 12.7. The second-order valence-corrected chi connectivity index (χ2v) is 7.96. The van der Waals surface area contributed by atoms with E-state index in [1.807, 2.05) is 48.5 Å². The van der Waals surface area contributed by atoms with Gasteiger partial charge in [0.15, 0.2) is 0 Å². The fourth-order valence-electron chi connectivity index (χ4n) is 3.83. The molecule has 0 spiro atoms. The Morgan fingerprint density at radius 2 is 1.66 bits per heavy atom. The normalized spacial score (nSPS) is 14.0. The van der Waals surface area contributed by atoms with Gasteiger partial charge in [-0.3, -0.25) is 9.59 Å². The Morgan fingerprint density at radius 3 is 2.28 bits per heavy atom. The lowest BCUT2D eigenvalue weighted by Crippen LogP contribution is -2.37. The van der Waals surface area contributed by atoms with Crippen molar-refractivity contribution in [3.8, 4) is 0 Å². The third-order valence-corrected chi connectivity index (χ3v) is 5.42. The summed E-state index contributed by atoms with van der Waals surface area (Å²) >= 11 is 0. The first-order valence-corrected chi connectivity index (χ1v) is 10.5. The molecule has 1 N–H and O–H groups in total. The number of anilines is 3. The molecule has 0 bridgehead atoms. The molecule has 0 unspecified atom stereocenters. The van der Waals surface area contributed by atoms with Crippen LogP contribution in [0.15, 0.2) is 48.5 Å². The van der Waals surface area contributed by atoms with Crippen molar-refractivity contribution < 1.29 is 9.59 Å². The van der Waals surface area contributed by atoms with Crippen molar-refractivity contribution in [2.45, 2.75) is 46.0 Å². The summed E-state index contributed by atoms with van der Waals surface area (Å²) in [5, 5.41) is 2.97. The molecule has 0 aromatic heterocycles. The molecule has 1 fully saturated rings. The molecule has 1 saturated heterocycles. The van der Waals surface area contributed by atoms with Crippen LogP contribution in [-0.4, -0.2) is 31.4 Å². The summed E-state index contributed by atoms with van der Waals surface area (Å²) in [6.07, 6.45) is 3.74. The van der Waals surface area contributed by atoms with Crippen LogP contribution >= 0.6 is 0 Å². The third-order valence-electron chi connectivity index (χ3n) is 5.42. The SMILES string of the molecule is CC(=O)N(CC(=O)Nc1ccccc1C(C)C)c1ccc(N2CCCCC2)cc1. The van der Waals surface area contributed by atoms with Gasteiger partial charge in [-0.05, 0) is 61.1 Å². The first-order valence-electron chi connectivity index (χ1n) is 10.5. The minimum Gasteiger partial charge on any atom is -0.372 e. The lowest BCUT2D eigenvalue weighted by Gasteiger charge is -2.29. The summed E-state index contributed by atoms with van der Waals surface area (Å²) in [7, 11) is 0. The molecule has 0 aliphatic carbocycles. The van der Waals surface area contributed by atoms with E-state index in [0.29, 0.717) is 5.92 Å². The number of carbonyl (C=O) groups is 2. The Bertz CT molecular complexity index is 839. The van der Waals surface area contributed by atoms with E-state index in [9.17, 15) is 9.59 Å². The van der Waals surface area contributed by atoms with Gasteiger partial charge in [-0.15, -0.1) is 0 Å². The number of carbonyl (C=O) groups excluding carboxylic acids is 2. The third kappa shape index (κ3) is 5.37. The quantitative estimate of drug-likeness (QED) is 0.767. The molecule has 1 aliphatic heterocycles. The molecule has 5 nitrogen and oxygen atoms in total. The van der Waals surface area contributed by atoms with Crippen LogP contribution in [0.5, 0.6) is 0 Å². The molecular formula is C24H31N3O2. The van der Waals surface area contributed by atoms with Gasteiger partial charge >= 0.3 is 0 Å². The van der Waals surface area contributed by atoms with Gasteiger partial charge in [0.25, 0.3) is 0 Å². The lowest BCUT2D eigenvalue weighted by atomic mass is 10.0. The number of rotatable bonds is 6. The largest absolute Gasteiger partial charge is 0.372 e. The maximum Gasteiger partial charge on any atom is 0.244 e. The van der Waals surface area contributed by atoms with Gasteiger partial charge in [-0.25, -0.2) is 0 Å². The Hall–Kier alpha value is -2.82. The van der Waals surface area contributed by atoms with Gasteiger partial charge in [-0.1, -0.05) is 32.0 Å². The zero-order chi connectivity index (χ0) is 20.8. The number of nitrogens with one attached hydrogen (secondary N) is 1. The van der Waals surface area contributed by atoms with Crippen molar-refractivity contribution in [3.63, 3.8) is 0 Å². The number of hydrogen-bond acceptors (Lipinski definition) is 3. The summed E-state index contributed by atoms with van der Waals surface area (Å²) in [5.41, 5.74) is 3.80. The van der Waals surface area contributed by atoms with E-state index in [1.165, 1.54) is 36.8 Å². The minimum atomic E-state index is -0.201. The van der Waals surface area contributed by atoms with E-state index >= 15 is 0 Å². The molecule has 5 heteroatoms. The summed E-state index contributed by atoms with van der Waals surface area (Å²) in [5.74, 6) is -0.0471. The summed E-state index contributed by atoms with van der Waals surface area (Å²) < 4.78 is 0. The molecule has 2 aromatic carbocycles. The van der Waals surface area contributed by atoms with Gasteiger partial charge in [0, 0.05) is 37.1 Å². The predicted octanol–water partition coefficient (Wildman–Crippen LogP) is 4.79. The Balaban J connectivity index is 1.70. The molecule has 3 rings (SSSR count). The zero-order valence-electron chi connectivity index (χ0n) is 17.6. The molecule has 0 radical (unpaired) electrons. The van der Waals surface area contributed by atoms with Crippen molar-refractivity contribution in [2.75, 3.05) is 34.8 Å². The average Bonchev–Trinajstić information content (AvgIpc) is 2.73. The molecule has 0 saturated carbocycles. The first-order chi connectivity index (χ1) is 14.0. The standard InChI is InChI=1S/C24H31N3O2/c1-18(2)22-9-5-6-10-23(22)25-24(29)17-27(19(3)28)21-13-11-20(12-14-21)26-15-7-4-8-16-26/h5-6,9-14,18H,4,7-8,15-17H2,1-3H3,(H,25,29). The van der Waals surface area contributed by atoms with Crippen molar-refractivity contribution in [3.05, 3.63) is 54.1 Å². The Labute approximate surface area is 173 Å². The second kappa shape index (κ2) is 9.59. The van der Waals surface area contributed by atoms with Crippen LogP contribution in [0, 0.1) is 0 Å². The Kier molecular flexibility index (Phi) is 6.91. The monoisotopic (exact) mass is 393 g/mol. The topological polar surface area (TPSA) is 52.7 Å². The Morgan fingerprint density at radius 1 is 1.00 bits per heavy atom. The number of benzene rings is 2. The minimum absolute atomic E-state index is 0.00910. The lowest BCUT2D eigenvalue weighted by molar-refractivity contribution is -0.120. The van der Waals surface area contributed by atoms with Crippen molar-refractivity contribution in [1.29, 1.82) is 0 Å². The van der Waals surface area contributed by atoms with Crippen LogP contribution < -0.4 is 15.1 Å². The highest BCUT2D eigenvalue weighted by atomic mass is 16.2. The van der Waals surface area contributed by atoms with Crippen LogP contribution in [0.4, 0.5) is 17.1 Å².